The van der Waals surface area contributed by atoms with Crippen molar-refractivity contribution < 1.29 is 17.9 Å². The SMILES string of the molecule is COC(=O)c1cccc(C#CN(Cc2ccc3c(ccn3C)c2)S(=O)(=O)c2csc3ccccc23)c1-n1cccc1. The normalized spacial score (nSPS) is 11.4. The molecular formula is C32H25N3O4S2. The molecule has 6 aromatic rings. The molecule has 9 heteroatoms. The molecule has 0 atom stereocenters. The molecule has 0 aliphatic carbocycles. The summed E-state index contributed by atoms with van der Waals surface area (Å²) in [5, 5.41) is 3.33. The van der Waals surface area contributed by atoms with E-state index in [1.807, 2.05) is 78.5 Å². The zero-order valence-electron chi connectivity index (χ0n) is 22.3. The average Bonchev–Trinajstić information content (AvgIpc) is 3.75. The Bertz CT molecular complexity index is 2080. The number of benzene rings is 3. The third-order valence-electron chi connectivity index (χ3n) is 6.91. The summed E-state index contributed by atoms with van der Waals surface area (Å²) < 4.78 is 39.2. The summed E-state index contributed by atoms with van der Waals surface area (Å²) in [4.78, 5) is 12.8. The van der Waals surface area contributed by atoms with Gasteiger partial charge in [0.15, 0.2) is 0 Å². The average molecular weight is 580 g/mol. The minimum Gasteiger partial charge on any atom is -0.465 e. The number of para-hydroxylation sites is 1. The standard InChI is InChI=1S/C32H25N3O4S2/c1-33-18-14-25-20-23(12-13-28(25)33)21-35(41(37,38)30-22-40-29-11-4-3-9-26(29)30)19-15-24-8-7-10-27(32(36)39-2)31(24)34-16-5-6-17-34/h3-14,16-18,20,22H,21H2,1-2H3. The van der Waals surface area contributed by atoms with Gasteiger partial charge < -0.3 is 13.9 Å². The zero-order valence-corrected chi connectivity index (χ0v) is 23.9. The molecule has 3 aromatic heterocycles. The number of thiophene rings is 1. The fourth-order valence-corrected chi connectivity index (χ4v) is 7.55. The summed E-state index contributed by atoms with van der Waals surface area (Å²) in [7, 11) is -0.740. The van der Waals surface area contributed by atoms with Crippen LogP contribution in [0.15, 0.2) is 108 Å². The van der Waals surface area contributed by atoms with Crippen LogP contribution in [0.1, 0.15) is 21.5 Å². The van der Waals surface area contributed by atoms with E-state index in [9.17, 15) is 13.2 Å². The van der Waals surface area contributed by atoms with E-state index >= 15 is 0 Å². The van der Waals surface area contributed by atoms with Crippen LogP contribution in [0.5, 0.6) is 0 Å². The van der Waals surface area contributed by atoms with Crippen molar-refractivity contribution in [3.8, 4) is 17.7 Å². The van der Waals surface area contributed by atoms with Crippen molar-refractivity contribution in [2.75, 3.05) is 7.11 Å². The molecule has 0 aliphatic heterocycles. The first kappa shape index (κ1) is 26.4. The van der Waals surface area contributed by atoms with Crippen LogP contribution in [0.4, 0.5) is 0 Å². The van der Waals surface area contributed by atoms with Crippen LogP contribution in [0.2, 0.25) is 0 Å². The molecule has 0 saturated carbocycles. The molecule has 0 saturated heterocycles. The maximum atomic E-state index is 14.2. The van der Waals surface area contributed by atoms with Crippen LogP contribution in [0, 0.1) is 12.0 Å². The van der Waals surface area contributed by atoms with Gasteiger partial charge >= 0.3 is 5.97 Å². The van der Waals surface area contributed by atoms with Gasteiger partial charge in [0.05, 0.1) is 30.5 Å². The Morgan fingerprint density at radius 3 is 2.59 bits per heavy atom. The third kappa shape index (κ3) is 4.88. The van der Waals surface area contributed by atoms with E-state index in [2.05, 4.69) is 12.0 Å². The maximum Gasteiger partial charge on any atom is 0.340 e. The number of ether oxygens (including phenoxy) is 1. The molecule has 41 heavy (non-hydrogen) atoms. The molecule has 0 N–H and O–H groups in total. The van der Waals surface area contributed by atoms with Crippen molar-refractivity contribution in [1.82, 2.24) is 13.4 Å². The van der Waals surface area contributed by atoms with E-state index in [-0.39, 0.29) is 11.4 Å². The molecule has 204 valence electrons. The van der Waals surface area contributed by atoms with E-state index in [0.29, 0.717) is 22.2 Å². The maximum absolute atomic E-state index is 14.2. The Morgan fingerprint density at radius 2 is 1.78 bits per heavy atom. The lowest BCUT2D eigenvalue weighted by Crippen LogP contribution is -2.26. The first-order valence-corrected chi connectivity index (χ1v) is 15.1. The number of nitrogens with zero attached hydrogens (tertiary/aromatic N) is 3. The van der Waals surface area contributed by atoms with Crippen molar-refractivity contribution in [3.05, 3.63) is 120 Å². The Hall–Kier alpha value is -4.78. The summed E-state index contributed by atoms with van der Waals surface area (Å²) in [5.74, 6) is 2.55. The van der Waals surface area contributed by atoms with E-state index < -0.39 is 16.0 Å². The minimum absolute atomic E-state index is 0.0416. The second kappa shape index (κ2) is 10.7. The van der Waals surface area contributed by atoms with Crippen molar-refractivity contribution in [2.45, 2.75) is 11.4 Å². The lowest BCUT2D eigenvalue weighted by molar-refractivity contribution is 0.0600. The summed E-state index contributed by atoms with van der Waals surface area (Å²) in [6, 6.07) is 27.1. The number of rotatable bonds is 6. The number of methoxy groups -OCH3 is 1. The van der Waals surface area contributed by atoms with Gasteiger partial charge in [0, 0.05) is 52.7 Å². The number of carbonyl (C=O) groups excluding carboxylic acids is 1. The highest BCUT2D eigenvalue weighted by Gasteiger charge is 2.26. The molecule has 0 spiro atoms. The first-order chi connectivity index (χ1) is 19.9. The van der Waals surface area contributed by atoms with Gasteiger partial charge in [-0.05, 0) is 65.4 Å². The molecule has 0 radical (unpaired) electrons. The molecule has 0 fully saturated rings. The number of aromatic nitrogens is 2. The van der Waals surface area contributed by atoms with E-state index in [1.165, 1.54) is 22.8 Å². The Balaban J connectivity index is 1.50. The lowest BCUT2D eigenvalue weighted by Gasteiger charge is -2.18. The van der Waals surface area contributed by atoms with Gasteiger partial charge in [-0.1, -0.05) is 30.3 Å². The summed E-state index contributed by atoms with van der Waals surface area (Å²) in [5.41, 5.74) is 3.17. The monoisotopic (exact) mass is 579 g/mol. The van der Waals surface area contributed by atoms with Crippen LogP contribution < -0.4 is 0 Å². The number of sulfonamides is 1. The topological polar surface area (TPSA) is 73.5 Å². The molecular weight excluding hydrogens is 555 g/mol. The van der Waals surface area contributed by atoms with Gasteiger partial charge in [0.1, 0.15) is 4.90 Å². The smallest absolute Gasteiger partial charge is 0.340 e. The summed E-state index contributed by atoms with van der Waals surface area (Å²) in [6.45, 7) is 0.0416. The molecule has 0 aliphatic rings. The molecule has 3 heterocycles. The summed E-state index contributed by atoms with van der Waals surface area (Å²) in [6.07, 6.45) is 5.57. The molecule has 0 unspecified atom stereocenters. The Labute approximate surface area is 241 Å². The Kier molecular flexibility index (Phi) is 6.87. The highest BCUT2D eigenvalue weighted by atomic mass is 32.2. The van der Waals surface area contributed by atoms with Crippen LogP contribution >= 0.6 is 11.3 Å². The quantitative estimate of drug-likeness (QED) is 0.134. The van der Waals surface area contributed by atoms with Crippen LogP contribution in [0.25, 0.3) is 26.7 Å². The van der Waals surface area contributed by atoms with Crippen molar-refractivity contribution >= 4 is 48.3 Å². The van der Waals surface area contributed by atoms with Crippen molar-refractivity contribution in [1.29, 1.82) is 0 Å². The Morgan fingerprint density at radius 1 is 0.976 bits per heavy atom. The van der Waals surface area contributed by atoms with Crippen molar-refractivity contribution in [2.24, 2.45) is 7.05 Å². The molecule has 0 bridgehead atoms. The minimum atomic E-state index is -4.03. The van der Waals surface area contributed by atoms with Crippen LogP contribution in [-0.2, 0) is 28.4 Å². The van der Waals surface area contributed by atoms with Crippen LogP contribution in [0.3, 0.4) is 0 Å². The van der Waals surface area contributed by atoms with E-state index in [1.54, 1.807) is 40.5 Å². The number of aryl methyl sites for hydroxylation is 1. The third-order valence-corrected chi connectivity index (χ3v) is 9.72. The number of hydrogen-bond donors (Lipinski definition) is 0. The highest BCUT2D eigenvalue weighted by Crippen LogP contribution is 2.32. The highest BCUT2D eigenvalue weighted by molar-refractivity contribution is 7.89. The fourth-order valence-electron chi connectivity index (χ4n) is 4.86. The first-order valence-electron chi connectivity index (χ1n) is 12.8. The number of fused-ring (bicyclic) bond motifs is 2. The second-order valence-electron chi connectivity index (χ2n) is 9.45. The van der Waals surface area contributed by atoms with E-state index in [4.69, 9.17) is 4.74 Å². The predicted molar refractivity (Wildman–Crippen MR) is 161 cm³/mol. The number of esters is 1. The van der Waals surface area contributed by atoms with Gasteiger partial charge in [-0.25, -0.2) is 17.5 Å². The predicted octanol–water partition coefficient (Wildman–Crippen LogP) is 6.17. The van der Waals surface area contributed by atoms with Crippen LogP contribution in [-0.4, -0.2) is 34.9 Å². The van der Waals surface area contributed by atoms with Gasteiger partial charge in [-0.3, -0.25) is 0 Å². The molecule has 7 nitrogen and oxygen atoms in total. The van der Waals surface area contributed by atoms with Gasteiger partial charge in [-0.15, -0.1) is 11.3 Å². The zero-order chi connectivity index (χ0) is 28.6. The number of hydrogen-bond acceptors (Lipinski definition) is 5. The lowest BCUT2D eigenvalue weighted by atomic mass is 10.1. The van der Waals surface area contributed by atoms with E-state index in [0.717, 1.165) is 21.2 Å². The van der Waals surface area contributed by atoms with Crippen molar-refractivity contribution in [3.63, 3.8) is 0 Å². The fraction of sp³-hybridized carbons (Fsp3) is 0.0938. The molecule has 3 aromatic carbocycles. The molecule has 0 amide bonds. The number of carbonyl (C=O) groups is 1. The van der Waals surface area contributed by atoms with Gasteiger partial charge in [0.2, 0.25) is 0 Å². The second-order valence-corrected chi connectivity index (χ2v) is 12.2. The molecule has 6 rings (SSSR count). The van der Waals surface area contributed by atoms with Gasteiger partial charge in [-0.2, -0.15) is 0 Å². The summed E-state index contributed by atoms with van der Waals surface area (Å²) >= 11 is 1.38. The largest absolute Gasteiger partial charge is 0.465 e. The van der Waals surface area contributed by atoms with Gasteiger partial charge in [0.25, 0.3) is 10.0 Å².